The highest BCUT2D eigenvalue weighted by atomic mass is 35.5. The molecule has 43 heavy (non-hydrogen) atoms. The number of hydrogen-bond donors (Lipinski definition) is 0. The van der Waals surface area contributed by atoms with Crippen LogP contribution in [-0.2, 0) is 20.7 Å². The maximum absolute atomic E-state index is 13.2. The predicted molar refractivity (Wildman–Crippen MR) is 175 cm³/mol. The topological polar surface area (TPSA) is 62.3 Å². The molecule has 0 radical (unpaired) electrons. The number of halogens is 2. The summed E-state index contributed by atoms with van der Waals surface area (Å²) in [5.41, 5.74) is 2.86. The van der Waals surface area contributed by atoms with Crippen LogP contribution in [0.3, 0.4) is 0 Å². The van der Waals surface area contributed by atoms with E-state index in [1.807, 2.05) is 57.2 Å². The van der Waals surface area contributed by atoms with E-state index in [-0.39, 0.29) is 23.7 Å². The Morgan fingerprint density at radius 3 is 2.37 bits per heavy atom. The van der Waals surface area contributed by atoms with Gasteiger partial charge in [0, 0.05) is 44.6 Å². The molecule has 7 nitrogen and oxygen atoms in total. The van der Waals surface area contributed by atoms with Crippen molar-refractivity contribution in [2.75, 3.05) is 49.1 Å². The second-order valence-corrected chi connectivity index (χ2v) is 13.4. The lowest BCUT2D eigenvalue weighted by atomic mass is 9.98. The number of rotatable bonds is 13. The van der Waals surface area contributed by atoms with Crippen LogP contribution in [0.5, 0.6) is 5.75 Å². The summed E-state index contributed by atoms with van der Waals surface area (Å²) in [4.78, 5) is 32.6. The minimum atomic E-state index is -0.653. The van der Waals surface area contributed by atoms with Crippen LogP contribution in [-0.4, -0.2) is 62.3 Å². The molecular formula is C34H47Cl2N3O4. The smallest absolute Gasteiger partial charge is 0.310 e. The zero-order chi connectivity index (χ0) is 31.1. The van der Waals surface area contributed by atoms with Gasteiger partial charge >= 0.3 is 5.97 Å². The number of ether oxygens (including phenoxy) is 2. The summed E-state index contributed by atoms with van der Waals surface area (Å²) in [6.45, 7) is 15.5. The summed E-state index contributed by atoms with van der Waals surface area (Å²) in [7, 11) is 0. The van der Waals surface area contributed by atoms with Gasteiger partial charge in [-0.2, -0.15) is 0 Å². The molecule has 0 spiro atoms. The third-order valence-corrected chi connectivity index (χ3v) is 9.07. The Hall–Kier alpha value is -2.48. The Labute approximate surface area is 267 Å². The Morgan fingerprint density at radius 1 is 0.930 bits per heavy atom. The molecule has 9 heteroatoms. The van der Waals surface area contributed by atoms with Crippen LogP contribution in [0.25, 0.3) is 0 Å². The molecule has 0 saturated carbocycles. The van der Waals surface area contributed by atoms with Crippen molar-refractivity contribution in [2.24, 2.45) is 17.8 Å². The molecule has 2 aliphatic heterocycles. The first-order valence-electron chi connectivity index (χ1n) is 15.7. The molecule has 1 amide bonds. The van der Waals surface area contributed by atoms with Gasteiger partial charge < -0.3 is 14.4 Å². The van der Waals surface area contributed by atoms with Gasteiger partial charge in [0.15, 0.2) is 6.23 Å². The van der Waals surface area contributed by atoms with Crippen LogP contribution in [0, 0.1) is 17.8 Å². The highest BCUT2D eigenvalue weighted by Crippen LogP contribution is 2.36. The van der Waals surface area contributed by atoms with Crippen molar-refractivity contribution in [3.8, 4) is 5.75 Å². The molecule has 1 saturated heterocycles. The number of aryl methyl sites for hydroxylation is 1. The number of piperazine rings is 1. The van der Waals surface area contributed by atoms with Crippen LogP contribution >= 0.6 is 23.2 Å². The van der Waals surface area contributed by atoms with Gasteiger partial charge in [0.05, 0.1) is 33.9 Å². The minimum Gasteiger partial charge on any atom is -0.494 e. The zero-order valence-electron chi connectivity index (χ0n) is 26.3. The summed E-state index contributed by atoms with van der Waals surface area (Å²) >= 11 is 12.6. The second-order valence-electron chi connectivity index (χ2n) is 12.6. The lowest BCUT2D eigenvalue weighted by Gasteiger charge is -2.38. The fourth-order valence-corrected chi connectivity index (χ4v) is 6.36. The quantitative estimate of drug-likeness (QED) is 0.169. The Bertz CT molecular complexity index is 1250. The van der Waals surface area contributed by atoms with Crippen LogP contribution in [0.4, 0.5) is 11.4 Å². The van der Waals surface area contributed by atoms with E-state index in [9.17, 15) is 9.59 Å². The molecule has 4 rings (SSSR count). The fraction of sp³-hybridized carbons (Fsp3) is 0.588. The van der Waals surface area contributed by atoms with Crippen molar-refractivity contribution in [2.45, 2.75) is 73.0 Å². The van der Waals surface area contributed by atoms with Gasteiger partial charge in [-0.05, 0) is 61.9 Å². The number of anilines is 2. The number of carbonyl (C=O) groups excluding carboxylic acids is 2. The number of fused-ring (bicyclic) bond motifs is 1. The number of hydrogen-bond acceptors (Lipinski definition) is 6. The SMILES string of the molecule is CC(C)CC(C)C(=O)OC(C(C)C)N1C(=O)CCc2ccc(OCCCCN3CCN(c4cccc(Cl)c4Cl)CC3)cc21. The molecule has 0 aromatic heterocycles. The summed E-state index contributed by atoms with van der Waals surface area (Å²) in [5, 5.41) is 1.22. The lowest BCUT2D eigenvalue weighted by molar-refractivity contribution is -0.157. The van der Waals surface area contributed by atoms with Crippen molar-refractivity contribution in [1.29, 1.82) is 0 Å². The number of carbonyl (C=O) groups is 2. The lowest BCUT2D eigenvalue weighted by Crippen LogP contribution is -2.49. The van der Waals surface area contributed by atoms with Crippen LogP contribution < -0.4 is 14.5 Å². The van der Waals surface area contributed by atoms with E-state index in [0.717, 1.165) is 74.7 Å². The molecule has 2 aliphatic rings. The third kappa shape index (κ3) is 8.80. The maximum atomic E-state index is 13.2. The molecule has 0 N–H and O–H groups in total. The first kappa shape index (κ1) is 33.4. The van der Waals surface area contributed by atoms with Crippen LogP contribution in [0.1, 0.15) is 65.9 Å². The highest BCUT2D eigenvalue weighted by molar-refractivity contribution is 6.43. The molecule has 2 atom stereocenters. The fourth-order valence-electron chi connectivity index (χ4n) is 5.95. The average Bonchev–Trinajstić information content (AvgIpc) is 2.97. The summed E-state index contributed by atoms with van der Waals surface area (Å²) in [6, 6.07) is 11.8. The molecular weight excluding hydrogens is 585 g/mol. The van der Waals surface area contributed by atoms with E-state index in [1.165, 1.54) is 0 Å². The van der Waals surface area contributed by atoms with Gasteiger partial charge in [0.1, 0.15) is 5.75 Å². The number of unbranched alkanes of at least 4 members (excludes halogenated alkanes) is 1. The predicted octanol–water partition coefficient (Wildman–Crippen LogP) is 7.46. The number of esters is 1. The van der Waals surface area contributed by atoms with Gasteiger partial charge in [-0.25, -0.2) is 0 Å². The van der Waals surface area contributed by atoms with Gasteiger partial charge in [0.2, 0.25) is 5.91 Å². The maximum Gasteiger partial charge on any atom is 0.310 e. The van der Waals surface area contributed by atoms with E-state index in [1.54, 1.807) is 4.90 Å². The molecule has 2 unspecified atom stereocenters. The van der Waals surface area contributed by atoms with Crippen molar-refractivity contribution in [1.82, 2.24) is 4.90 Å². The van der Waals surface area contributed by atoms with E-state index in [4.69, 9.17) is 32.7 Å². The third-order valence-electron chi connectivity index (χ3n) is 8.26. The number of nitrogens with zero attached hydrogens (tertiary/aromatic N) is 3. The van der Waals surface area contributed by atoms with Gasteiger partial charge in [0.25, 0.3) is 0 Å². The van der Waals surface area contributed by atoms with Crippen molar-refractivity contribution >= 4 is 46.5 Å². The summed E-state index contributed by atoms with van der Waals surface area (Å²) < 4.78 is 12.1. The normalized spacial score (nSPS) is 17.3. The van der Waals surface area contributed by atoms with Gasteiger partial charge in [-0.3, -0.25) is 19.4 Å². The Balaban J connectivity index is 1.29. The first-order valence-corrected chi connectivity index (χ1v) is 16.5. The van der Waals surface area contributed by atoms with Crippen LogP contribution in [0.15, 0.2) is 36.4 Å². The van der Waals surface area contributed by atoms with Crippen molar-refractivity contribution < 1.29 is 19.1 Å². The molecule has 2 aromatic carbocycles. The van der Waals surface area contributed by atoms with Crippen molar-refractivity contribution in [3.63, 3.8) is 0 Å². The standard InChI is InChI=1S/C34H47Cl2N3O4/c1-23(2)21-25(5)34(41)43-33(24(3)4)39-30-22-27(13-11-26(30)12-14-31(39)40)42-20-7-6-15-37-16-18-38(19-17-37)29-10-8-9-28(35)32(29)36/h8-11,13,22-25,33H,6-7,12,14-21H2,1-5H3. The number of amides is 1. The Kier molecular flexibility index (Phi) is 12.0. The monoisotopic (exact) mass is 631 g/mol. The summed E-state index contributed by atoms with van der Waals surface area (Å²) in [5.74, 6) is 0.563. The molecule has 236 valence electrons. The van der Waals surface area contributed by atoms with Crippen LogP contribution in [0.2, 0.25) is 10.0 Å². The van der Waals surface area contributed by atoms with Gasteiger partial charge in [-0.15, -0.1) is 0 Å². The molecule has 1 fully saturated rings. The van der Waals surface area contributed by atoms with Gasteiger partial charge in [-0.1, -0.05) is 70.0 Å². The van der Waals surface area contributed by atoms with E-state index in [2.05, 4.69) is 23.6 Å². The molecule has 2 heterocycles. The largest absolute Gasteiger partial charge is 0.494 e. The van der Waals surface area contributed by atoms with E-state index >= 15 is 0 Å². The first-order chi connectivity index (χ1) is 20.5. The second kappa shape index (κ2) is 15.5. The van der Waals surface area contributed by atoms with E-state index < -0.39 is 6.23 Å². The molecule has 2 aromatic rings. The zero-order valence-corrected chi connectivity index (χ0v) is 27.8. The van der Waals surface area contributed by atoms with E-state index in [0.29, 0.717) is 35.4 Å². The Morgan fingerprint density at radius 2 is 1.67 bits per heavy atom. The molecule has 0 aliphatic carbocycles. The number of benzene rings is 2. The summed E-state index contributed by atoms with van der Waals surface area (Å²) in [6.07, 6.45) is 3.13. The molecule has 0 bridgehead atoms. The minimum absolute atomic E-state index is 0.0228. The highest BCUT2D eigenvalue weighted by Gasteiger charge is 2.36. The van der Waals surface area contributed by atoms with Crippen molar-refractivity contribution in [3.05, 3.63) is 52.0 Å². The average molecular weight is 633 g/mol.